The molecule has 3 N–H and O–H groups in total. The van der Waals surface area contributed by atoms with Gasteiger partial charge >= 0.3 is 6.18 Å². The Morgan fingerprint density at radius 3 is 2.22 bits per heavy atom. The highest BCUT2D eigenvalue weighted by molar-refractivity contribution is 7.21. The zero-order valence-electron chi connectivity index (χ0n) is 29.6. The summed E-state index contributed by atoms with van der Waals surface area (Å²) in [5, 5.41) is 12.2. The summed E-state index contributed by atoms with van der Waals surface area (Å²) in [5.41, 5.74) is 1.18. The number of hydrogen-bond donors (Lipinski definition) is 3. The van der Waals surface area contributed by atoms with Crippen molar-refractivity contribution in [2.75, 3.05) is 0 Å². The van der Waals surface area contributed by atoms with E-state index in [2.05, 4.69) is 21.0 Å². The molecule has 2 aliphatic carbocycles. The molecule has 5 heterocycles. The quantitative estimate of drug-likeness (QED) is 0.138. The first-order chi connectivity index (χ1) is 27.6. The molecule has 2 aliphatic heterocycles. The average molecular weight is 818 g/mol. The van der Waals surface area contributed by atoms with Gasteiger partial charge in [-0.1, -0.05) is 24.3 Å². The average Bonchev–Trinajstić information content (AvgIpc) is 3.45. The van der Waals surface area contributed by atoms with E-state index in [4.69, 9.17) is 9.97 Å². The lowest BCUT2D eigenvalue weighted by molar-refractivity contribution is -0.142. The molecule has 0 saturated heterocycles. The van der Waals surface area contributed by atoms with Crippen LogP contribution in [0.3, 0.4) is 0 Å². The Morgan fingerprint density at radius 1 is 0.897 bits per heavy atom. The van der Waals surface area contributed by atoms with Gasteiger partial charge in [0, 0.05) is 52.9 Å². The summed E-state index contributed by atoms with van der Waals surface area (Å²) in [5.74, 6) is -9.44. The number of carbonyl (C=O) groups is 3. The van der Waals surface area contributed by atoms with Crippen molar-refractivity contribution in [2.24, 2.45) is 5.92 Å². The number of hydrogen-bond acceptors (Lipinski definition) is 7. The van der Waals surface area contributed by atoms with Crippen LogP contribution in [0.4, 0.5) is 30.7 Å². The minimum absolute atomic E-state index is 0.0605. The molecule has 10 rings (SSSR count). The fraction of sp³-hybridized carbons (Fsp3) is 0.250. The summed E-state index contributed by atoms with van der Waals surface area (Å²) in [7, 11) is 0. The van der Waals surface area contributed by atoms with Crippen LogP contribution in [0.25, 0.3) is 32.0 Å². The van der Waals surface area contributed by atoms with Gasteiger partial charge in [0.25, 0.3) is 17.7 Å². The number of pyridine rings is 1. The first-order valence-corrected chi connectivity index (χ1v) is 18.9. The lowest BCUT2D eigenvalue weighted by Crippen LogP contribution is -2.35. The van der Waals surface area contributed by atoms with Gasteiger partial charge in [-0.05, 0) is 71.3 Å². The normalized spacial score (nSPS) is 19.0. The predicted octanol–water partition coefficient (Wildman–Crippen LogP) is 7.31. The maximum atomic E-state index is 15.4. The van der Waals surface area contributed by atoms with Crippen molar-refractivity contribution in [3.05, 3.63) is 123 Å². The first kappa shape index (κ1) is 36.2. The van der Waals surface area contributed by atoms with Gasteiger partial charge in [0.15, 0.2) is 11.3 Å². The Hall–Kier alpha value is -6.17. The van der Waals surface area contributed by atoms with Crippen LogP contribution in [0.1, 0.15) is 78.4 Å². The summed E-state index contributed by atoms with van der Waals surface area (Å²) >= 11 is 1.25. The molecule has 0 bridgehead atoms. The molecule has 3 amide bonds. The van der Waals surface area contributed by atoms with Crippen LogP contribution in [0, 0.1) is 17.6 Å². The van der Waals surface area contributed by atoms with E-state index in [1.54, 1.807) is 30.3 Å². The Labute approximate surface area is 326 Å². The van der Waals surface area contributed by atoms with Crippen LogP contribution in [-0.2, 0) is 42.9 Å². The summed E-state index contributed by atoms with van der Waals surface area (Å²) in [6.45, 7) is -0.350. The van der Waals surface area contributed by atoms with Crippen LogP contribution in [-0.4, -0.2) is 37.5 Å². The predicted molar refractivity (Wildman–Crippen MR) is 194 cm³/mol. The number of nitrogens with zero attached hydrogens (tertiary/aromatic N) is 4. The minimum atomic E-state index is -5.05. The molecule has 58 heavy (non-hydrogen) atoms. The lowest BCUT2D eigenvalue weighted by atomic mass is 9.93. The summed E-state index contributed by atoms with van der Waals surface area (Å²) in [6, 6.07) is 13.6. The van der Waals surface area contributed by atoms with Gasteiger partial charge in [0.1, 0.15) is 28.9 Å². The van der Waals surface area contributed by atoms with E-state index >= 15 is 8.78 Å². The van der Waals surface area contributed by atoms with Gasteiger partial charge in [0.05, 0.1) is 16.4 Å². The Kier molecular flexibility index (Phi) is 7.90. The van der Waals surface area contributed by atoms with Crippen molar-refractivity contribution in [2.45, 2.75) is 56.5 Å². The second kappa shape index (κ2) is 12.7. The number of halogens is 7. The fourth-order valence-corrected chi connectivity index (χ4v) is 9.32. The fourth-order valence-electron chi connectivity index (χ4n) is 8.37. The highest BCUT2D eigenvalue weighted by atomic mass is 32.1. The molecule has 0 spiro atoms. The van der Waals surface area contributed by atoms with Gasteiger partial charge in [-0.2, -0.15) is 27.1 Å². The van der Waals surface area contributed by atoms with E-state index < -0.39 is 71.0 Å². The molecular formula is C40H26F7N7O3S. The summed E-state index contributed by atoms with van der Waals surface area (Å²) in [6.07, 6.45) is -5.50. The molecule has 1 saturated carbocycles. The second-order valence-electron chi connectivity index (χ2n) is 14.8. The number of alkyl halides is 5. The molecule has 0 radical (unpaired) electrons. The minimum Gasteiger partial charge on any atom is -0.348 e. The van der Waals surface area contributed by atoms with Crippen molar-refractivity contribution < 1.29 is 45.1 Å². The maximum absolute atomic E-state index is 15.4. The number of aromatic nitrogens is 4. The Bertz CT molecular complexity index is 2780. The molecule has 3 atom stereocenters. The van der Waals surface area contributed by atoms with Crippen molar-refractivity contribution >= 4 is 39.4 Å². The molecule has 3 aromatic carbocycles. The largest absolute Gasteiger partial charge is 0.435 e. The maximum Gasteiger partial charge on any atom is 0.435 e. The highest BCUT2D eigenvalue weighted by Gasteiger charge is 2.68. The smallest absolute Gasteiger partial charge is 0.348 e. The van der Waals surface area contributed by atoms with E-state index in [9.17, 15) is 36.3 Å². The van der Waals surface area contributed by atoms with Crippen molar-refractivity contribution in [3.8, 4) is 21.7 Å². The van der Waals surface area contributed by atoms with Gasteiger partial charge in [0.2, 0.25) is 5.91 Å². The third-order valence-corrected chi connectivity index (χ3v) is 12.1. The molecule has 6 aromatic rings. The Balaban J connectivity index is 1.10. The van der Waals surface area contributed by atoms with E-state index in [1.807, 2.05) is 12.1 Å². The van der Waals surface area contributed by atoms with Gasteiger partial charge in [-0.25, -0.2) is 18.7 Å². The van der Waals surface area contributed by atoms with Crippen LogP contribution in [0.15, 0.2) is 60.7 Å². The number of benzene rings is 3. The van der Waals surface area contributed by atoms with E-state index in [-0.39, 0.29) is 41.6 Å². The number of nitrogens with one attached hydrogen (secondary N) is 3. The van der Waals surface area contributed by atoms with Crippen LogP contribution < -0.4 is 16.0 Å². The molecule has 294 valence electrons. The summed E-state index contributed by atoms with van der Waals surface area (Å²) in [4.78, 5) is 48.7. The molecule has 3 aromatic heterocycles. The number of rotatable bonds is 8. The molecule has 4 aliphatic rings. The Morgan fingerprint density at radius 2 is 1.55 bits per heavy atom. The monoisotopic (exact) mass is 817 g/mol. The van der Waals surface area contributed by atoms with Crippen molar-refractivity contribution in [1.29, 1.82) is 0 Å². The van der Waals surface area contributed by atoms with Gasteiger partial charge < -0.3 is 16.0 Å². The van der Waals surface area contributed by atoms with Gasteiger partial charge in [-0.15, -0.1) is 11.3 Å². The van der Waals surface area contributed by atoms with Crippen molar-refractivity contribution in [1.82, 2.24) is 35.7 Å². The van der Waals surface area contributed by atoms with E-state index in [0.717, 1.165) is 23.3 Å². The lowest BCUT2D eigenvalue weighted by Gasteiger charge is -2.23. The van der Waals surface area contributed by atoms with Crippen LogP contribution in [0.5, 0.6) is 0 Å². The molecule has 0 unspecified atom stereocenters. The molecule has 10 nitrogen and oxygen atoms in total. The first-order valence-electron chi connectivity index (χ1n) is 18.1. The SMILES string of the molecule is O=C(Cn1nc(C(F)(F)F)c2c1C(F)(F)[C@@H]1C[C@H]21)N[C@@H](Cc1cc(F)cc(F)c1)c1nc2nc(-c3ccc4c(c3)C(=O)NC4)sc2cc1-c1ccc2c(c1)C(=O)NC2. The standard InChI is InChI=1S/C40H26F7N7O3S/c41-21-5-16(6-22(42)10-21)7-28(50-30(55)15-54-34-31(33(53-54)40(45,46)47)26-11-27(26)39(34,43)44)32-23(17-1-3-19-13-48-36(56)24(19)8-17)12-29-35(51-32)52-38(58-29)18-2-4-20-14-49-37(57)25(20)9-18/h1-6,8-10,12,26-28H,7,11,13-15H2,(H,48,56)(H,49,57)(H,50,55)/t26-,27+,28-/m0/s1. The van der Waals surface area contributed by atoms with E-state index in [1.165, 1.54) is 11.3 Å². The topological polar surface area (TPSA) is 131 Å². The van der Waals surface area contributed by atoms with Crippen molar-refractivity contribution in [3.63, 3.8) is 0 Å². The number of fused-ring (bicyclic) bond motifs is 6. The third-order valence-electron chi connectivity index (χ3n) is 11.1. The number of thiazole rings is 1. The number of amides is 3. The number of carbonyl (C=O) groups excluding carboxylic acids is 3. The molecular weight excluding hydrogens is 792 g/mol. The van der Waals surface area contributed by atoms with Crippen LogP contribution in [0.2, 0.25) is 0 Å². The van der Waals surface area contributed by atoms with E-state index in [0.29, 0.717) is 61.4 Å². The third kappa shape index (κ3) is 5.91. The van der Waals surface area contributed by atoms with Crippen LogP contribution >= 0.6 is 11.3 Å². The zero-order valence-corrected chi connectivity index (χ0v) is 30.4. The van der Waals surface area contributed by atoms with Gasteiger partial charge in [-0.3, -0.25) is 19.1 Å². The summed E-state index contributed by atoms with van der Waals surface area (Å²) < 4.78 is 103. The molecule has 1 fully saturated rings. The zero-order chi connectivity index (χ0) is 40.4. The molecule has 18 heteroatoms. The highest BCUT2D eigenvalue weighted by Crippen LogP contribution is 2.68. The second-order valence-corrected chi connectivity index (χ2v) is 15.8.